The van der Waals surface area contributed by atoms with Gasteiger partial charge in [-0.3, -0.25) is 0 Å². The summed E-state index contributed by atoms with van der Waals surface area (Å²) in [6.45, 7) is 7.70. The van der Waals surface area contributed by atoms with Crippen molar-refractivity contribution in [3.05, 3.63) is 76.8 Å². The number of aromatic nitrogens is 2. The average molecular weight is 522 g/mol. The Balaban J connectivity index is 1.62. The molecule has 7 heteroatoms. The van der Waals surface area contributed by atoms with E-state index >= 15 is 0 Å². The van der Waals surface area contributed by atoms with Gasteiger partial charge in [0.05, 0.1) is 24.0 Å². The van der Waals surface area contributed by atoms with Crippen LogP contribution in [0, 0.1) is 5.92 Å². The predicted molar refractivity (Wildman–Crippen MR) is 132 cm³/mol. The number of ether oxygens (including phenoxy) is 2. The number of alkyl halides is 1. The molecule has 1 N–H and O–H groups in total. The van der Waals surface area contributed by atoms with Crippen molar-refractivity contribution in [2.45, 2.75) is 38.8 Å². The smallest absolute Gasteiger partial charge is 0.133 e. The van der Waals surface area contributed by atoms with Gasteiger partial charge in [-0.25, -0.2) is 4.98 Å². The SMILES string of the molecule is C[C@@H](CCl)COc1ccc(C(C)(C)c2ccc(OC[C@H](O)Cn3ccnc3)cc2)cc1Br. The first-order valence-corrected chi connectivity index (χ1v) is 12.0. The van der Waals surface area contributed by atoms with Gasteiger partial charge in [0.2, 0.25) is 0 Å². The summed E-state index contributed by atoms with van der Waals surface area (Å²) in [6.07, 6.45) is 4.58. The maximum atomic E-state index is 10.2. The van der Waals surface area contributed by atoms with E-state index in [0.29, 0.717) is 24.9 Å². The zero-order chi connectivity index (χ0) is 23.1. The van der Waals surface area contributed by atoms with Crippen LogP contribution in [0.1, 0.15) is 31.9 Å². The molecule has 0 amide bonds. The molecule has 0 spiro atoms. The Morgan fingerprint density at radius 3 is 2.44 bits per heavy atom. The third-order valence-corrected chi connectivity index (χ3v) is 6.59. The molecule has 0 aliphatic carbocycles. The van der Waals surface area contributed by atoms with Gasteiger partial charge in [-0.05, 0) is 51.3 Å². The molecule has 1 heterocycles. The Kier molecular flexibility index (Phi) is 8.63. The molecular weight excluding hydrogens is 492 g/mol. The van der Waals surface area contributed by atoms with Crippen LogP contribution in [0.4, 0.5) is 0 Å². The van der Waals surface area contributed by atoms with Gasteiger partial charge in [0, 0.05) is 29.6 Å². The molecule has 0 saturated carbocycles. The van der Waals surface area contributed by atoms with Crippen molar-refractivity contribution in [3.8, 4) is 11.5 Å². The summed E-state index contributed by atoms with van der Waals surface area (Å²) < 4.78 is 14.4. The van der Waals surface area contributed by atoms with Gasteiger partial charge in [-0.1, -0.05) is 39.0 Å². The standard InChI is InChI=1S/C25H30BrClN2O3/c1-18(13-27)15-32-24-9-6-20(12-23(24)26)25(2,3)19-4-7-22(8-5-19)31-16-21(30)14-29-11-10-28-17-29/h4-12,17-18,21,30H,13-16H2,1-3H3/t18-,21+/m0/s1. The molecule has 0 aliphatic rings. The Morgan fingerprint density at radius 2 is 1.81 bits per heavy atom. The van der Waals surface area contributed by atoms with Gasteiger partial charge in [-0.2, -0.15) is 0 Å². The molecule has 0 bridgehead atoms. The molecule has 3 rings (SSSR count). The lowest BCUT2D eigenvalue weighted by molar-refractivity contribution is 0.0924. The Bertz CT molecular complexity index is 977. The summed E-state index contributed by atoms with van der Waals surface area (Å²) in [6, 6.07) is 14.2. The van der Waals surface area contributed by atoms with Crippen LogP contribution in [0.5, 0.6) is 11.5 Å². The number of aliphatic hydroxyl groups excluding tert-OH is 1. The highest BCUT2D eigenvalue weighted by Gasteiger charge is 2.24. The summed E-state index contributed by atoms with van der Waals surface area (Å²) in [7, 11) is 0. The van der Waals surface area contributed by atoms with Crippen LogP contribution in [-0.2, 0) is 12.0 Å². The van der Waals surface area contributed by atoms with E-state index < -0.39 is 6.10 Å². The lowest BCUT2D eigenvalue weighted by Crippen LogP contribution is -2.23. The van der Waals surface area contributed by atoms with Crippen LogP contribution in [0.3, 0.4) is 0 Å². The topological polar surface area (TPSA) is 56.5 Å². The fourth-order valence-electron chi connectivity index (χ4n) is 3.30. The van der Waals surface area contributed by atoms with Gasteiger partial charge in [0.15, 0.2) is 0 Å². The van der Waals surface area contributed by atoms with Crippen LogP contribution >= 0.6 is 27.5 Å². The van der Waals surface area contributed by atoms with E-state index in [1.807, 2.05) is 29.0 Å². The number of benzene rings is 2. The number of hydrogen-bond donors (Lipinski definition) is 1. The third-order valence-electron chi connectivity index (χ3n) is 5.44. The van der Waals surface area contributed by atoms with E-state index in [1.54, 1.807) is 12.5 Å². The van der Waals surface area contributed by atoms with Crippen LogP contribution in [0.25, 0.3) is 0 Å². The molecule has 0 aliphatic heterocycles. The van der Waals surface area contributed by atoms with Gasteiger partial charge in [0.25, 0.3) is 0 Å². The number of nitrogens with zero attached hydrogens (tertiary/aromatic N) is 2. The second-order valence-electron chi connectivity index (χ2n) is 8.59. The molecular formula is C25H30BrClN2O3. The summed E-state index contributed by atoms with van der Waals surface area (Å²) in [4.78, 5) is 3.98. The minimum absolute atomic E-state index is 0.204. The van der Waals surface area contributed by atoms with Crippen LogP contribution in [0.15, 0.2) is 65.7 Å². The van der Waals surface area contributed by atoms with E-state index in [9.17, 15) is 5.11 Å². The van der Waals surface area contributed by atoms with Crippen molar-refractivity contribution in [2.75, 3.05) is 19.1 Å². The van der Waals surface area contributed by atoms with Gasteiger partial charge >= 0.3 is 0 Å². The van der Waals surface area contributed by atoms with Gasteiger partial charge in [-0.15, -0.1) is 11.6 Å². The minimum atomic E-state index is -0.606. The summed E-state index contributed by atoms with van der Waals surface area (Å²) >= 11 is 9.51. The second kappa shape index (κ2) is 11.2. The maximum absolute atomic E-state index is 10.2. The highest BCUT2D eigenvalue weighted by atomic mass is 79.9. The normalized spacial score (nSPS) is 13.6. The number of halogens is 2. The number of imidazole rings is 1. The van der Waals surface area contributed by atoms with Crippen molar-refractivity contribution in [2.24, 2.45) is 5.92 Å². The van der Waals surface area contributed by atoms with E-state index in [0.717, 1.165) is 16.0 Å². The Morgan fingerprint density at radius 1 is 1.09 bits per heavy atom. The zero-order valence-electron chi connectivity index (χ0n) is 18.7. The molecule has 0 saturated heterocycles. The largest absolute Gasteiger partial charge is 0.492 e. The van der Waals surface area contributed by atoms with Crippen molar-refractivity contribution in [3.63, 3.8) is 0 Å². The fraction of sp³-hybridized carbons (Fsp3) is 0.400. The molecule has 0 radical (unpaired) electrons. The van der Waals surface area contributed by atoms with Gasteiger partial charge < -0.3 is 19.1 Å². The fourth-order valence-corrected chi connectivity index (χ4v) is 3.88. The zero-order valence-corrected chi connectivity index (χ0v) is 21.0. The van der Waals surface area contributed by atoms with Gasteiger partial charge in [0.1, 0.15) is 24.2 Å². The molecule has 2 atom stereocenters. The molecule has 1 aromatic heterocycles. The number of rotatable bonds is 11. The molecule has 5 nitrogen and oxygen atoms in total. The Labute approximate surface area is 203 Å². The minimum Gasteiger partial charge on any atom is -0.492 e. The molecule has 0 unspecified atom stereocenters. The summed E-state index contributed by atoms with van der Waals surface area (Å²) in [5, 5.41) is 10.2. The monoisotopic (exact) mass is 520 g/mol. The molecule has 2 aromatic carbocycles. The van der Waals surface area contributed by atoms with E-state index in [2.05, 4.69) is 66.0 Å². The second-order valence-corrected chi connectivity index (χ2v) is 9.75. The molecule has 32 heavy (non-hydrogen) atoms. The summed E-state index contributed by atoms with van der Waals surface area (Å²) in [5.74, 6) is 2.42. The number of hydrogen-bond acceptors (Lipinski definition) is 4. The quantitative estimate of drug-likeness (QED) is 0.331. The number of aliphatic hydroxyl groups is 1. The van der Waals surface area contributed by atoms with Crippen LogP contribution < -0.4 is 9.47 Å². The maximum Gasteiger partial charge on any atom is 0.133 e. The van der Waals surface area contributed by atoms with Crippen molar-refractivity contribution in [1.29, 1.82) is 0 Å². The lowest BCUT2D eigenvalue weighted by Gasteiger charge is -2.27. The first kappa shape index (κ1) is 24.6. The Hall–Kier alpha value is -2.02. The van der Waals surface area contributed by atoms with E-state index in [4.69, 9.17) is 21.1 Å². The third kappa shape index (κ3) is 6.50. The van der Waals surface area contributed by atoms with Crippen molar-refractivity contribution >= 4 is 27.5 Å². The molecule has 172 valence electrons. The van der Waals surface area contributed by atoms with Crippen molar-refractivity contribution in [1.82, 2.24) is 9.55 Å². The molecule has 0 fully saturated rings. The molecule has 3 aromatic rings. The highest BCUT2D eigenvalue weighted by Crippen LogP contribution is 2.36. The van der Waals surface area contributed by atoms with E-state index in [-0.39, 0.29) is 12.0 Å². The average Bonchev–Trinajstić information content (AvgIpc) is 3.29. The van der Waals surface area contributed by atoms with Crippen LogP contribution in [0.2, 0.25) is 0 Å². The summed E-state index contributed by atoms with van der Waals surface area (Å²) in [5.41, 5.74) is 2.14. The first-order valence-electron chi connectivity index (χ1n) is 10.7. The predicted octanol–water partition coefficient (Wildman–Crippen LogP) is 5.67. The lowest BCUT2D eigenvalue weighted by atomic mass is 9.78. The van der Waals surface area contributed by atoms with Crippen molar-refractivity contribution < 1.29 is 14.6 Å². The van der Waals surface area contributed by atoms with E-state index in [1.165, 1.54) is 11.1 Å². The van der Waals surface area contributed by atoms with Crippen LogP contribution in [-0.4, -0.2) is 39.9 Å². The first-order chi connectivity index (χ1) is 15.3. The highest BCUT2D eigenvalue weighted by molar-refractivity contribution is 9.10.